The van der Waals surface area contributed by atoms with Crippen LogP contribution in [0.3, 0.4) is 0 Å². The van der Waals surface area contributed by atoms with Gasteiger partial charge in [0.05, 0.1) is 16.1 Å². The van der Waals surface area contributed by atoms with E-state index in [0.717, 1.165) is 21.8 Å². The maximum absolute atomic E-state index is 11.6. The van der Waals surface area contributed by atoms with Gasteiger partial charge in [0.25, 0.3) is 5.91 Å². The molecule has 0 unspecified atom stereocenters. The molecule has 94 valence electrons. The number of halogens is 1. The molecular formula is C15H11ClN2O. The number of benzene rings is 2. The number of hydrogen-bond donors (Lipinski definition) is 1. The second-order valence-corrected chi connectivity index (χ2v) is 4.63. The highest BCUT2D eigenvalue weighted by molar-refractivity contribution is 6.40. The van der Waals surface area contributed by atoms with Crippen molar-refractivity contribution in [2.45, 2.75) is 0 Å². The van der Waals surface area contributed by atoms with Gasteiger partial charge in [-0.2, -0.15) is 0 Å². The van der Waals surface area contributed by atoms with Gasteiger partial charge in [0, 0.05) is 23.4 Å². The quantitative estimate of drug-likeness (QED) is 0.689. The third-order valence-corrected chi connectivity index (χ3v) is 3.51. The number of carbonyl (C=O) groups is 1. The molecule has 0 bridgehead atoms. The van der Waals surface area contributed by atoms with Gasteiger partial charge in [-0.05, 0) is 18.2 Å². The van der Waals surface area contributed by atoms with Crippen LogP contribution < -0.4 is 5.32 Å². The predicted molar refractivity (Wildman–Crippen MR) is 77.6 cm³/mol. The summed E-state index contributed by atoms with van der Waals surface area (Å²) in [5.74, 6) is -0.131. The third kappa shape index (κ3) is 1.92. The van der Waals surface area contributed by atoms with E-state index < -0.39 is 0 Å². The van der Waals surface area contributed by atoms with Gasteiger partial charge in [0.15, 0.2) is 0 Å². The molecule has 0 radical (unpaired) electrons. The fourth-order valence-corrected chi connectivity index (χ4v) is 2.45. The van der Waals surface area contributed by atoms with Crippen LogP contribution in [0.2, 0.25) is 5.02 Å². The SMILES string of the molecule is CNC(=O)c1ccc2c(Cl)c3ccccc3nc2c1. The van der Waals surface area contributed by atoms with Crippen molar-refractivity contribution in [3.8, 4) is 0 Å². The summed E-state index contributed by atoms with van der Waals surface area (Å²) in [6.45, 7) is 0. The van der Waals surface area contributed by atoms with Crippen molar-refractivity contribution in [3.05, 3.63) is 53.1 Å². The number of fused-ring (bicyclic) bond motifs is 2. The zero-order valence-electron chi connectivity index (χ0n) is 10.3. The van der Waals surface area contributed by atoms with Crippen molar-refractivity contribution < 1.29 is 4.79 Å². The van der Waals surface area contributed by atoms with Gasteiger partial charge >= 0.3 is 0 Å². The van der Waals surface area contributed by atoms with Crippen molar-refractivity contribution in [2.24, 2.45) is 0 Å². The summed E-state index contributed by atoms with van der Waals surface area (Å²) in [4.78, 5) is 16.2. The lowest BCUT2D eigenvalue weighted by molar-refractivity contribution is 0.0963. The molecule has 3 nitrogen and oxygen atoms in total. The zero-order valence-corrected chi connectivity index (χ0v) is 11.0. The number of aromatic nitrogens is 1. The molecule has 0 saturated heterocycles. The molecule has 0 aliphatic rings. The molecule has 19 heavy (non-hydrogen) atoms. The first-order valence-corrected chi connectivity index (χ1v) is 6.28. The standard InChI is InChI=1S/C15H11ClN2O/c1-17-15(19)9-6-7-11-13(8-9)18-12-5-3-2-4-10(12)14(11)16/h2-8H,1H3,(H,17,19). The molecule has 0 saturated carbocycles. The summed E-state index contributed by atoms with van der Waals surface area (Å²) in [6.07, 6.45) is 0. The molecule has 1 amide bonds. The van der Waals surface area contributed by atoms with Crippen molar-refractivity contribution in [1.82, 2.24) is 10.3 Å². The van der Waals surface area contributed by atoms with Crippen molar-refractivity contribution in [3.63, 3.8) is 0 Å². The number of hydrogen-bond acceptors (Lipinski definition) is 2. The van der Waals surface area contributed by atoms with Gasteiger partial charge in [0.2, 0.25) is 0 Å². The van der Waals surface area contributed by atoms with Crippen LogP contribution >= 0.6 is 11.6 Å². The summed E-state index contributed by atoms with van der Waals surface area (Å²) in [7, 11) is 1.60. The lowest BCUT2D eigenvalue weighted by atomic mass is 10.1. The zero-order chi connectivity index (χ0) is 13.4. The monoisotopic (exact) mass is 270 g/mol. The average molecular weight is 271 g/mol. The highest BCUT2D eigenvalue weighted by atomic mass is 35.5. The molecule has 0 aliphatic carbocycles. The Morgan fingerprint density at radius 3 is 2.63 bits per heavy atom. The molecular weight excluding hydrogens is 260 g/mol. The summed E-state index contributed by atoms with van der Waals surface area (Å²) >= 11 is 6.40. The average Bonchev–Trinajstić information content (AvgIpc) is 2.46. The molecule has 3 rings (SSSR count). The molecule has 1 N–H and O–H groups in total. The minimum Gasteiger partial charge on any atom is -0.355 e. The molecule has 0 spiro atoms. The van der Waals surface area contributed by atoms with E-state index >= 15 is 0 Å². The molecule has 0 atom stereocenters. The number of pyridine rings is 1. The Kier molecular flexibility index (Phi) is 2.84. The lowest BCUT2D eigenvalue weighted by Crippen LogP contribution is -2.17. The minimum absolute atomic E-state index is 0.131. The molecule has 4 heteroatoms. The summed E-state index contributed by atoms with van der Waals surface area (Å²) in [5.41, 5.74) is 2.13. The molecule has 3 aromatic rings. The number of nitrogens with zero attached hydrogens (tertiary/aromatic N) is 1. The van der Waals surface area contributed by atoms with Crippen LogP contribution in [0.1, 0.15) is 10.4 Å². The Hall–Kier alpha value is -2.13. The Bertz CT molecular complexity index is 799. The largest absolute Gasteiger partial charge is 0.355 e. The fraction of sp³-hybridized carbons (Fsp3) is 0.0667. The summed E-state index contributed by atoms with van der Waals surface area (Å²) in [5, 5.41) is 5.04. The van der Waals surface area contributed by atoms with Crippen molar-refractivity contribution in [2.75, 3.05) is 7.05 Å². The lowest BCUT2D eigenvalue weighted by Gasteiger charge is -2.06. The summed E-state index contributed by atoms with van der Waals surface area (Å²) in [6, 6.07) is 13.0. The maximum atomic E-state index is 11.6. The highest BCUT2D eigenvalue weighted by Gasteiger charge is 2.09. The van der Waals surface area contributed by atoms with E-state index in [1.807, 2.05) is 30.3 Å². The number of para-hydroxylation sites is 1. The van der Waals surface area contributed by atoms with E-state index in [9.17, 15) is 4.79 Å². The Balaban J connectivity index is 2.35. The van der Waals surface area contributed by atoms with E-state index in [0.29, 0.717) is 10.6 Å². The van der Waals surface area contributed by atoms with E-state index in [1.165, 1.54) is 0 Å². The second-order valence-electron chi connectivity index (χ2n) is 4.25. The van der Waals surface area contributed by atoms with Gasteiger partial charge in [-0.3, -0.25) is 4.79 Å². The van der Waals surface area contributed by atoms with Crippen LogP contribution in [0, 0.1) is 0 Å². The van der Waals surface area contributed by atoms with E-state index in [2.05, 4.69) is 10.3 Å². The fourth-order valence-electron chi connectivity index (χ4n) is 2.13. The molecule has 1 aromatic heterocycles. The third-order valence-electron chi connectivity index (χ3n) is 3.10. The normalized spacial score (nSPS) is 10.8. The van der Waals surface area contributed by atoms with Crippen molar-refractivity contribution in [1.29, 1.82) is 0 Å². The van der Waals surface area contributed by atoms with Gasteiger partial charge < -0.3 is 5.32 Å². The van der Waals surface area contributed by atoms with Crippen LogP contribution in [0.25, 0.3) is 21.8 Å². The second kappa shape index (κ2) is 4.52. The summed E-state index contributed by atoms with van der Waals surface area (Å²) < 4.78 is 0. The van der Waals surface area contributed by atoms with Crippen molar-refractivity contribution >= 4 is 39.3 Å². The number of rotatable bonds is 1. The van der Waals surface area contributed by atoms with Crippen LogP contribution in [0.5, 0.6) is 0 Å². The minimum atomic E-state index is -0.131. The van der Waals surface area contributed by atoms with Crippen LogP contribution in [0.15, 0.2) is 42.5 Å². The van der Waals surface area contributed by atoms with Crippen LogP contribution in [-0.4, -0.2) is 17.9 Å². The van der Waals surface area contributed by atoms with Crippen LogP contribution in [-0.2, 0) is 0 Å². The van der Waals surface area contributed by atoms with Gasteiger partial charge in [-0.25, -0.2) is 4.98 Å². The number of amides is 1. The van der Waals surface area contributed by atoms with E-state index in [4.69, 9.17) is 11.6 Å². The van der Waals surface area contributed by atoms with E-state index in [-0.39, 0.29) is 5.91 Å². The molecule has 0 fully saturated rings. The first kappa shape index (κ1) is 11.9. The predicted octanol–water partition coefficient (Wildman–Crippen LogP) is 3.40. The highest BCUT2D eigenvalue weighted by Crippen LogP contribution is 2.30. The van der Waals surface area contributed by atoms with Crippen LogP contribution in [0.4, 0.5) is 0 Å². The molecule has 2 aromatic carbocycles. The topological polar surface area (TPSA) is 42.0 Å². The molecule has 1 heterocycles. The number of carbonyl (C=O) groups excluding carboxylic acids is 1. The first-order valence-electron chi connectivity index (χ1n) is 5.91. The molecule has 0 aliphatic heterocycles. The van der Waals surface area contributed by atoms with E-state index in [1.54, 1.807) is 19.2 Å². The van der Waals surface area contributed by atoms with Gasteiger partial charge in [-0.15, -0.1) is 0 Å². The number of nitrogens with one attached hydrogen (secondary N) is 1. The first-order chi connectivity index (χ1) is 9.20. The van der Waals surface area contributed by atoms with Gasteiger partial charge in [-0.1, -0.05) is 35.9 Å². The smallest absolute Gasteiger partial charge is 0.251 e. The van der Waals surface area contributed by atoms with Gasteiger partial charge in [0.1, 0.15) is 0 Å². The Morgan fingerprint density at radius 2 is 1.84 bits per heavy atom. The maximum Gasteiger partial charge on any atom is 0.251 e. The Labute approximate surface area is 115 Å². The Morgan fingerprint density at radius 1 is 1.11 bits per heavy atom.